The smallest absolute Gasteiger partial charge is 0.0360 e. The molecule has 0 aliphatic heterocycles. The molecule has 130 valence electrons. The standard InChI is InChI=1S/C22H42/c1-6-16(3)22-14-13-21(15-19(22)7-2)18(5)12-11-17(4)20-9-8-10-20/h16-22H,6-15H2,1-5H3. The Morgan fingerprint density at radius 2 is 1.41 bits per heavy atom. The molecule has 0 saturated heterocycles. The van der Waals surface area contributed by atoms with E-state index in [1.165, 1.54) is 64.2 Å². The SMILES string of the molecule is CCC(C)C1CCC(C(C)CCC(C)C2CCC2)CC1CC. The minimum atomic E-state index is 0.944. The lowest BCUT2D eigenvalue weighted by Gasteiger charge is -2.41. The Kier molecular flexibility index (Phi) is 7.29. The fourth-order valence-corrected chi connectivity index (χ4v) is 5.37. The predicted octanol–water partition coefficient (Wildman–Crippen LogP) is 7.33. The van der Waals surface area contributed by atoms with Crippen LogP contribution in [-0.2, 0) is 0 Å². The van der Waals surface area contributed by atoms with E-state index in [0.717, 1.165) is 41.4 Å². The third-order valence-electron chi connectivity index (χ3n) is 7.82. The lowest BCUT2D eigenvalue weighted by molar-refractivity contribution is 0.0918. The topological polar surface area (TPSA) is 0 Å². The molecule has 6 atom stereocenters. The zero-order valence-corrected chi connectivity index (χ0v) is 16.1. The zero-order chi connectivity index (χ0) is 16.1. The zero-order valence-electron chi connectivity index (χ0n) is 16.1. The summed E-state index contributed by atoms with van der Waals surface area (Å²) >= 11 is 0. The van der Waals surface area contributed by atoms with E-state index < -0.39 is 0 Å². The van der Waals surface area contributed by atoms with Crippen LogP contribution in [0.2, 0.25) is 0 Å². The maximum Gasteiger partial charge on any atom is -0.0360 e. The average molecular weight is 307 g/mol. The van der Waals surface area contributed by atoms with Crippen LogP contribution in [0.1, 0.15) is 98.8 Å². The highest BCUT2D eigenvalue weighted by molar-refractivity contribution is 4.84. The molecule has 2 saturated carbocycles. The molecule has 0 amide bonds. The van der Waals surface area contributed by atoms with Crippen molar-refractivity contribution in [3.8, 4) is 0 Å². The van der Waals surface area contributed by atoms with Crippen molar-refractivity contribution < 1.29 is 0 Å². The summed E-state index contributed by atoms with van der Waals surface area (Å²) in [4.78, 5) is 0. The lowest BCUT2D eigenvalue weighted by atomic mass is 9.64. The van der Waals surface area contributed by atoms with Gasteiger partial charge in [0.05, 0.1) is 0 Å². The van der Waals surface area contributed by atoms with Gasteiger partial charge in [0.2, 0.25) is 0 Å². The van der Waals surface area contributed by atoms with Crippen molar-refractivity contribution >= 4 is 0 Å². The molecule has 2 fully saturated rings. The van der Waals surface area contributed by atoms with E-state index in [-0.39, 0.29) is 0 Å². The molecule has 0 spiro atoms. The Labute approximate surface area is 140 Å². The van der Waals surface area contributed by atoms with Gasteiger partial charge in [0, 0.05) is 0 Å². The second kappa shape index (κ2) is 8.74. The van der Waals surface area contributed by atoms with Crippen LogP contribution in [0.5, 0.6) is 0 Å². The van der Waals surface area contributed by atoms with E-state index in [9.17, 15) is 0 Å². The van der Waals surface area contributed by atoms with Gasteiger partial charge in [-0.25, -0.2) is 0 Å². The number of hydrogen-bond acceptors (Lipinski definition) is 0. The van der Waals surface area contributed by atoms with Gasteiger partial charge in [-0.05, 0) is 60.7 Å². The highest BCUT2D eigenvalue weighted by atomic mass is 14.4. The minimum absolute atomic E-state index is 0.944. The Balaban J connectivity index is 1.77. The first-order chi connectivity index (χ1) is 10.6. The Morgan fingerprint density at radius 3 is 1.91 bits per heavy atom. The van der Waals surface area contributed by atoms with Gasteiger partial charge < -0.3 is 0 Å². The largest absolute Gasteiger partial charge is 0.0651 e. The van der Waals surface area contributed by atoms with E-state index >= 15 is 0 Å². The van der Waals surface area contributed by atoms with E-state index in [0.29, 0.717) is 0 Å². The van der Waals surface area contributed by atoms with E-state index in [1.54, 1.807) is 0 Å². The van der Waals surface area contributed by atoms with Gasteiger partial charge in [-0.3, -0.25) is 0 Å². The van der Waals surface area contributed by atoms with Gasteiger partial charge in [0.15, 0.2) is 0 Å². The quantitative estimate of drug-likeness (QED) is 0.440. The molecule has 0 nitrogen and oxygen atoms in total. The van der Waals surface area contributed by atoms with Crippen molar-refractivity contribution in [2.24, 2.45) is 41.4 Å². The van der Waals surface area contributed by atoms with Crippen molar-refractivity contribution in [2.75, 3.05) is 0 Å². The van der Waals surface area contributed by atoms with Crippen LogP contribution >= 0.6 is 0 Å². The second-order valence-corrected chi connectivity index (χ2v) is 9.01. The third-order valence-corrected chi connectivity index (χ3v) is 7.82. The van der Waals surface area contributed by atoms with Gasteiger partial charge >= 0.3 is 0 Å². The van der Waals surface area contributed by atoms with Gasteiger partial charge in [-0.1, -0.05) is 79.6 Å². The summed E-state index contributed by atoms with van der Waals surface area (Å²) in [5.41, 5.74) is 0. The van der Waals surface area contributed by atoms with Crippen LogP contribution in [0.3, 0.4) is 0 Å². The third kappa shape index (κ3) is 4.51. The summed E-state index contributed by atoms with van der Waals surface area (Å²) < 4.78 is 0. The monoisotopic (exact) mass is 306 g/mol. The van der Waals surface area contributed by atoms with Crippen molar-refractivity contribution in [3.63, 3.8) is 0 Å². The first-order valence-corrected chi connectivity index (χ1v) is 10.6. The molecule has 0 bridgehead atoms. The van der Waals surface area contributed by atoms with E-state index in [4.69, 9.17) is 0 Å². The van der Waals surface area contributed by atoms with Crippen molar-refractivity contribution in [3.05, 3.63) is 0 Å². The summed E-state index contributed by atoms with van der Waals surface area (Å²) in [6, 6.07) is 0. The van der Waals surface area contributed by atoms with Crippen molar-refractivity contribution in [1.29, 1.82) is 0 Å². The Morgan fingerprint density at radius 1 is 0.773 bits per heavy atom. The average Bonchev–Trinajstić information content (AvgIpc) is 2.49. The summed E-state index contributed by atoms with van der Waals surface area (Å²) in [5, 5.41) is 0. The normalized spacial score (nSPS) is 34.0. The molecule has 2 aliphatic rings. The molecule has 0 aromatic carbocycles. The lowest BCUT2D eigenvalue weighted by Crippen LogP contribution is -2.31. The van der Waals surface area contributed by atoms with Gasteiger partial charge in [0.25, 0.3) is 0 Å². The maximum atomic E-state index is 2.56. The molecular weight excluding hydrogens is 264 g/mol. The first kappa shape index (κ1) is 18.3. The summed E-state index contributed by atoms with van der Waals surface area (Å²) in [7, 11) is 0. The van der Waals surface area contributed by atoms with Gasteiger partial charge in [-0.15, -0.1) is 0 Å². The fraction of sp³-hybridized carbons (Fsp3) is 1.00. The van der Waals surface area contributed by atoms with Gasteiger partial charge in [0.1, 0.15) is 0 Å². The molecule has 0 N–H and O–H groups in total. The van der Waals surface area contributed by atoms with Gasteiger partial charge in [-0.2, -0.15) is 0 Å². The minimum Gasteiger partial charge on any atom is -0.0651 e. The second-order valence-electron chi connectivity index (χ2n) is 9.01. The molecule has 0 aromatic rings. The predicted molar refractivity (Wildman–Crippen MR) is 99.0 cm³/mol. The summed E-state index contributed by atoms with van der Waals surface area (Å²) in [5.74, 6) is 7.05. The Bertz CT molecular complexity index is 303. The summed E-state index contributed by atoms with van der Waals surface area (Å²) in [6.45, 7) is 12.4. The van der Waals surface area contributed by atoms with E-state index in [1.807, 2.05) is 0 Å². The number of hydrogen-bond donors (Lipinski definition) is 0. The highest BCUT2D eigenvalue weighted by Crippen LogP contribution is 2.44. The van der Waals surface area contributed by atoms with E-state index in [2.05, 4.69) is 34.6 Å². The van der Waals surface area contributed by atoms with Crippen LogP contribution in [0, 0.1) is 41.4 Å². The molecule has 0 heteroatoms. The molecule has 0 heterocycles. The molecule has 2 aliphatic carbocycles. The first-order valence-electron chi connectivity index (χ1n) is 10.6. The van der Waals surface area contributed by atoms with Crippen LogP contribution in [0.4, 0.5) is 0 Å². The number of rotatable bonds is 8. The summed E-state index contributed by atoms with van der Waals surface area (Å²) in [6.07, 6.45) is 14.9. The Hall–Kier alpha value is 0. The van der Waals surface area contributed by atoms with Crippen LogP contribution in [0.25, 0.3) is 0 Å². The fourth-order valence-electron chi connectivity index (χ4n) is 5.37. The molecule has 2 rings (SSSR count). The maximum absolute atomic E-state index is 2.56. The van der Waals surface area contributed by atoms with Crippen LogP contribution in [-0.4, -0.2) is 0 Å². The molecule has 0 radical (unpaired) electrons. The molecule has 22 heavy (non-hydrogen) atoms. The van der Waals surface area contributed by atoms with Crippen LogP contribution < -0.4 is 0 Å². The van der Waals surface area contributed by atoms with Crippen molar-refractivity contribution in [2.45, 2.75) is 98.8 Å². The molecule has 6 unspecified atom stereocenters. The van der Waals surface area contributed by atoms with Crippen LogP contribution in [0.15, 0.2) is 0 Å². The highest BCUT2D eigenvalue weighted by Gasteiger charge is 2.34. The van der Waals surface area contributed by atoms with Crippen molar-refractivity contribution in [1.82, 2.24) is 0 Å². The molecule has 0 aromatic heterocycles. The molecular formula is C22H42.